The summed E-state index contributed by atoms with van der Waals surface area (Å²) in [4.78, 5) is 25.8. The fourth-order valence-corrected chi connectivity index (χ4v) is 0.719. The first-order chi connectivity index (χ1) is 6.20. The van der Waals surface area contributed by atoms with Gasteiger partial charge in [0.2, 0.25) is 0 Å². The van der Waals surface area contributed by atoms with Gasteiger partial charge in [0.1, 0.15) is 0 Å². The summed E-state index contributed by atoms with van der Waals surface area (Å²) in [7, 11) is 0. The molecule has 1 N–H and O–H groups in total. The SMILES string of the molecule is C=CC(=O)NOC(=O)CCCCC. The molecule has 0 bridgehead atoms. The number of hydrogen-bond donors (Lipinski definition) is 1. The van der Waals surface area contributed by atoms with E-state index in [1.165, 1.54) is 0 Å². The predicted octanol–water partition coefficient (Wildman–Crippen LogP) is 1.33. The number of unbranched alkanes of at least 4 members (excludes halogenated alkanes) is 2. The normalized spacial score (nSPS) is 9.00. The lowest BCUT2D eigenvalue weighted by molar-refractivity contribution is -0.156. The molecule has 0 fully saturated rings. The van der Waals surface area contributed by atoms with Crippen molar-refractivity contribution >= 4 is 11.9 Å². The van der Waals surface area contributed by atoms with Gasteiger partial charge in [0.05, 0.1) is 0 Å². The van der Waals surface area contributed by atoms with Gasteiger partial charge in [-0.25, -0.2) is 4.79 Å². The lowest BCUT2D eigenvalue weighted by Crippen LogP contribution is -2.24. The summed E-state index contributed by atoms with van der Waals surface area (Å²) in [5.74, 6) is -0.924. The molecule has 4 nitrogen and oxygen atoms in total. The zero-order valence-corrected chi connectivity index (χ0v) is 7.84. The Kier molecular flexibility index (Phi) is 6.59. The second kappa shape index (κ2) is 7.34. The van der Waals surface area contributed by atoms with Crippen molar-refractivity contribution in [1.82, 2.24) is 5.48 Å². The molecule has 0 atom stereocenters. The van der Waals surface area contributed by atoms with Gasteiger partial charge in [-0.3, -0.25) is 4.79 Å². The maximum absolute atomic E-state index is 10.9. The van der Waals surface area contributed by atoms with E-state index in [9.17, 15) is 9.59 Å². The zero-order valence-electron chi connectivity index (χ0n) is 7.84. The van der Waals surface area contributed by atoms with Crippen LogP contribution >= 0.6 is 0 Å². The van der Waals surface area contributed by atoms with Crippen LogP contribution in [0.3, 0.4) is 0 Å². The highest BCUT2D eigenvalue weighted by atomic mass is 16.7. The Morgan fingerprint density at radius 1 is 1.46 bits per heavy atom. The van der Waals surface area contributed by atoms with Crippen molar-refractivity contribution in [2.24, 2.45) is 0 Å². The van der Waals surface area contributed by atoms with Gasteiger partial charge in [-0.15, -0.1) is 0 Å². The molecule has 13 heavy (non-hydrogen) atoms. The fourth-order valence-electron chi connectivity index (χ4n) is 0.719. The average Bonchev–Trinajstić information content (AvgIpc) is 2.14. The van der Waals surface area contributed by atoms with Crippen LogP contribution in [-0.2, 0) is 14.4 Å². The molecule has 4 heteroatoms. The minimum absolute atomic E-state index is 0.339. The van der Waals surface area contributed by atoms with Crippen LogP contribution in [0.25, 0.3) is 0 Å². The molecule has 0 rings (SSSR count). The first kappa shape index (κ1) is 11.7. The summed E-state index contributed by atoms with van der Waals surface area (Å²) in [6, 6.07) is 0. The average molecular weight is 185 g/mol. The highest BCUT2D eigenvalue weighted by Gasteiger charge is 2.03. The third kappa shape index (κ3) is 7.05. The minimum atomic E-state index is -0.510. The number of hydroxylamine groups is 1. The first-order valence-corrected chi connectivity index (χ1v) is 4.32. The van der Waals surface area contributed by atoms with Crippen molar-refractivity contribution < 1.29 is 14.4 Å². The molecule has 0 aromatic rings. The zero-order chi connectivity index (χ0) is 10.1. The van der Waals surface area contributed by atoms with E-state index in [0.717, 1.165) is 25.3 Å². The predicted molar refractivity (Wildman–Crippen MR) is 48.6 cm³/mol. The van der Waals surface area contributed by atoms with Crippen molar-refractivity contribution in [1.29, 1.82) is 0 Å². The maximum Gasteiger partial charge on any atom is 0.332 e. The molecule has 0 radical (unpaired) electrons. The monoisotopic (exact) mass is 185 g/mol. The summed E-state index contributed by atoms with van der Waals surface area (Å²) in [6.45, 7) is 5.26. The third-order valence-corrected chi connectivity index (χ3v) is 1.44. The molecule has 0 heterocycles. The molecular weight excluding hydrogens is 170 g/mol. The van der Waals surface area contributed by atoms with E-state index >= 15 is 0 Å². The summed E-state index contributed by atoms with van der Waals surface area (Å²) in [6.07, 6.45) is 4.21. The van der Waals surface area contributed by atoms with Crippen molar-refractivity contribution in [2.45, 2.75) is 32.6 Å². The van der Waals surface area contributed by atoms with Crippen LogP contribution in [0.4, 0.5) is 0 Å². The molecule has 0 aliphatic rings. The summed E-state index contributed by atoms with van der Waals surface area (Å²) in [5, 5.41) is 0. The van der Waals surface area contributed by atoms with Gasteiger partial charge in [0.15, 0.2) is 0 Å². The van der Waals surface area contributed by atoms with Crippen molar-refractivity contribution in [3.05, 3.63) is 12.7 Å². The molecule has 0 saturated carbocycles. The van der Waals surface area contributed by atoms with E-state index in [1.54, 1.807) is 0 Å². The van der Waals surface area contributed by atoms with E-state index in [4.69, 9.17) is 0 Å². The van der Waals surface area contributed by atoms with Crippen LogP contribution in [0.1, 0.15) is 32.6 Å². The topological polar surface area (TPSA) is 55.4 Å². The molecule has 1 amide bonds. The summed E-state index contributed by atoms with van der Waals surface area (Å²) >= 11 is 0. The molecule has 74 valence electrons. The lowest BCUT2D eigenvalue weighted by atomic mass is 10.2. The molecule has 0 aromatic heterocycles. The number of rotatable bonds is 5. The van der Waals surface area contributed by atoms with E-state index < -0.39 is 11.9 Å². The Balaban J connectivity index is 3.40. The summed E-state index contributed by atoms with van der Waals surface area (Å²) in [5.41, 5.74) is 1.95. The van der Waals surface area contributed by atoms with Gasteiger partial charge >= 0.3 is 5.97 Å². The van der Waals surface area contributed by atoms with Crippen LogP contribution in [0.2, 0.25) is 0 Å². The number of nitrogens with one attached hydrogen (secondary N) is 1. The van der Waals surface area contributed by atoms with Crippen molar-refractivity contribution in [3.63, 3.8) is 0 Å². The number of hydrogen-bond acceptors (Lipinski definition) is 3. The van der Waals surface area contributed by atoms with Gasteiger partial charge in [0.25, 0.3) is 5.91 Å². The molecule has 0 aliphatic heterocycles. The van der Waals surface area contributed by atoms with Gasteiger partial charge in [-0.1, -0.05) is 26.3 Å². The fraction of sp³-hybridized carbons (Fsp3) is 0.556. The first-order valence-electron chi connectivity index (χ1n) is 4.32. The van der Waals surface area contributed by atoms with Crippen LogP contribution in [0.15, 0.2) is 12.7 Å². The number of carbonyl (C=O) groups excluding carboxylic acids is 2. The van der Waals surface area contributed by atoms with E-state index in [-0.39, 0.29) is 0 Å². The Morgan fingerprint density at radius 2 is 2.15 bits per heavy atom. The lowest BCUT2D eigenvalue weighted by Gasteiger charge is -2.02. The minimum Gasteiger partial charge on any atom is -0.341 e. The van der Waals surface area contributed by atoms with Gasteiger partial charge in [0, 0.05) is 6.42 Å². The highest BCUT2D eigenvalue weighted by molar-refractivity contribution is 5.87. The van der Waals surface area contributed by atoms with Crippen LogP contribution < -0.4 is 5.48 Å². The van der Waals surface area contributed by atoms with E-state index in [1.807, 2.05) is 12.4 Å². The Hall–Kier alpha value is -1.32. The molecule has 0 unspecified atom stereocenters. The molecule has 0 spiro atoms. The van der Waals surface area contributed by atoms with E-state index in [2.05, 4.69) is 11.4 Å². The van der Waals surface area contributed by atoms with Gasteiger partial charge < -0.3 is 4.84 Å². The highest BCUT2D eigenvalue weighted by Crippen LogP contribution is 1.99. The summed E-state index contributed by atoms with van der Waals surface area (Å²) < 4.78 is 0. The third-order valence-electron chi connectivity index (χ3n) is 1.44. The van der Waals surface area contributed by atoms with Crippen LogP contribution in [0, 0.1) is 0 Å². The molecule has 0 saturated heterocycles. The second-order valence-electron chi connectivity index (χ2n) is 2.60. The quantitative estimate of drug-likeness (QED) is 0.399. The van der Waals surface area contributed by atoms with Crippen LogP contribution in [0.5, 0.6) is 0 Å². The molecule has 0 aliphatic carbocycles. The van der Waals surface area contributed by atoms with Gasteiger partial charge in [-0.05, 0) is 12.5 Å². The van der Waals surface area contributed by atoms with Crippen molar-refractivity contribution in [2.75, 3.05) is 0 Å². The number of carbonyl (C=O) groups is 2. The standard InChI is InChI=1S/C9H15NO3/c1-3-5-6-7-9(12)13-10-8(11)4-2/h4H,2-3,5-7H2,1H3,(H,10,11). The Morgan fingerprint density at radius 3 is 2.69 bits per heavy atom. The molecular formula is C9H15NO3. The second-order valence-corrected chi connectivity index (χ2v) is 2.60. The van der Waals surface area contributed by atoms with Gasteiger partial charge in [-0.2, -0.15) is 5.48 Å². The Labute approximate surface area is 77.9 Å². The van der Waals surface area contributed by atoms with Crippen LogP contribution in [-0.4, -0.2) is 11.9 Å². The maximum atomic E-state index is 10.9. The largest absolute Gasteiger partial charge is 0.341 e. The van der Waals surface area contributed by atoms with E-state index in [0.29, 0.717) is 6.42 Å². The number of amides is 1. The van der Waals surface area contributed by atoms with Crippen molar-refractivity contribution in [3.8, 4) is 0 Å². The Bertz CT molecular complexity index is 189. The smallest absolute Gasteiger partial charge is 0.332 e. The molecule has 0 aromatic carbocycles.